The highest BCUT2D eigenvalue weighted by Gasteiger charge is 2.15. The lowest BCUT2D eigenvalue weighted by atomic mass is 10.3. The number of rotatable bonds is 8. The second-order valence-electron chi connectivity index (χ2n) is 4.46. The van der Waals surface area contributed by atoms with Crippen molar-refractivity contribution in [3.63, 3.8) is 0 Å². The molecule has 0 aliphatic heterocycles. The van der Waals surface area contributed by atoms with Gasteiger partial charge in [-0.3, -0.25) is 4.68 Å². The Kier molecular flexibility index (Phi) is 7.34. The number of aryl methyl sites for hydroxylation is 2. The maximum Gasteiger partial charge on any atom is 0.0767 e. The molecule has 0 amide bonds. The summed E-state index contributed by atoms with van der Waals surface area (Å²) in [7, 11) is 2.19. The lowest BCUT2D eigenvalue weighted by Gasteiger charge is -2.17. The van der Waals surface area contributed by atoms with E-state index >= 15 is 0 Å². The van der Waals surface area contributed by atoms with Crippen LogP contribution in [0, 0.1) is 0 Å². The molecule has 0 saturated heterocycles. The summed E-state index contributed by atoms with van der Waals surface area (Å²) in [6.45, 7) is 7.35. The van der Waals surface area contributed by atoms with Gasteiger partial charge in [0, 0.05) is 13.1 Å². The quantitative estimate of drug-likeness (QED) is 0.680. The summed E-state index contributed by atoms with van der Waals surface area (Å²) in [6, 6.07) is 0. The van der Waals surface area contributed by atoms with Gasteiger partial charge in [0.2, 0.25) is 0 Å². The summed E-state index contributed by atoms with van der Waals surface area (Å²) in [5.74, 6) is 1.23. The molecule has 0 saturated carbocycles. The highest BCUT2D eigenvalue weighted by molar-refractivity contribution is 9.10. The molecule has 104 valence electrons. The molecule has 5 heteroatoms. The van der Waals surface area contributed by atoms with Gasteiger partial charge in [0.05, 0.1) is 15.9 Å². The minimum atomic E-state index is 0.937. The first-order valence-electron chi connectivity index (χ1n) is 6.55. The van der Waals surface area contributed by atoms with Gasteiger partial charge in [-0.2, -0.15) is 16.9 Å². The van der Waals surface area contributed by atoms with Crippen LogP contribution in [0.25, 0.3) is 0 Å². The van der Waals surface area contributed by atoms with Crippen molar-refractivity contribution in [1.82, 2.24) is 14.7 Å². The van der Waals surface area contributed by atoms with E-state index < -0.39 is 0 Å². The van der Waals surface area contributed by atoms with Crippen molar-refractivity contribution in [2.24, 2.45) is 0 Å². The van der Waals surface area contributed by atoms with Crippen LogP contribution in [-0.2, 0) is 19.5 Å². The third kappa shape index (κ3) is 4.28. The van der Waals surface area contributed by atoms with Crippen LogP contribution in [0.1, 0.15) is 31.7 Å². The van der Waals surface area contributed by atoms with Crippen molar-refractivity contribution in [3.05, 3.63) is 15.9 Å². The molecule has 1 aromatic heterocycles. The summed E-state index contributed by atoms with van der Waals surface area (Å²) in [5.41, 5.74) is 2.48. The molecular weight excluding hydrogens is 310 g/mol. The van der Waals surface area contributed by atoms with Crippen molar-refractivity contribution < 1.29 is 0 Å². The number of hydrogen-bond acceptors (Lipinski definition) is 3. The Morgan fingerprint density at radius 3 is 2.67 bits per heavy atom. The summed E-state index contributed by atoms with van der Waals surface area (Å²) in [5, 5.41) is 4.64. The maximum absolute atomic E-state index is 4.64. The highest BCUT2D eigenvalue weighted by atomic mass is 79.9. The fourth-order valence-electron chi connectivity index (χ4n) is 1.98. The molecule has 0 radical (unpaired) electrons. The maximum atomic E-state index is 4.64. The van der Waals surface area contributed by atoms with E-state index in [1.54, 1.807) is 0 Å². The van der Waals surface area contributed by atoms with Gasteiger partial charge in [-0.1, -0.05) is 6.92 Å². The average molecular weight is 334 g/mol. The summed E-state index contributed by atoms with van der Waals surface area (Å²) in [4.78, 5) is 2.38. The Morgan fingerprint density at radius 2 is 2.11 bits per heavy atom. The molecule has 0 aliphatic carbocycles. The van der Waals surface area contributed by atoms with Crippen molar-refractivity contribution in [1.29, 1.82) is 0 Å². The molecule has 0 unspecified atom stereocenters. The van der Waals surface area contributed by atoms with E-state index in [9.17, 15) is 0 Å². The monoisotopic (exact) mass is 333 g/mol. The van der Waals surface area contributed by atoms with Crippen LogP contribution in [0.4, 0.5) is 0 Å². The molecule has 0 fully saturated rings. The molecule has 0 bridgehead atoms. The highest BCUT2D eigenvalue weighted by Crippen LogP contribution is 2.23. The van der Waals surface area contributed by atoms with Crippen LogP contribution in [0.5, 0.6) is 0 Å². The van der Waals surface area contributed by atoms with E-state index in [4.69, 9.17) is 0 Å². The molecule has 0 spiro atoms. The fourth-order valence-corrected chi connectivity index (χ4v) is 3.09. The topological polar surface area (TPSA) is 21.1 Å². The molecule has 0 aromatic carbocycles. The average Bonchev–Trinajstić information content (AvgIpc) is 2.66. The van der Waals surface area contributed by atoms with Crippen LogP contribution >= 0.6 is 27.7 Å². The van der Waals surface area contributed by atoms with Crippen molar-refractivity contribution in [3.8, 4) is 0 Å². The van der Waals surface area contributed by atoms with E-state index in [1.165, 1.54) is 28.0 Å². The third-order valence-corrected chi connectivity index (χ3v) is 4.61. The lowest BCUT2D eigenvalue weighted by Crippen LogP contribution is -2.22. The first kappa shape index (κ1) is 16.1. The van der Waals surface area contributed by atoms with Gasteiger partial charge < -0.3 is 4.90 Å². The Hall–Kier alpha value is -0.000000000000000111. The van der Waals surface area contributed by atoms with E-state index in [2.05, 4.69) is 57.8 Å². The Balaban J connectivity index is 2.67. The van der Waals surface area contributed by atoms with Gasteiger partial charge in [-0.05, 0) is 61.3 Å². The van der Waals surface area contributed by atoms with E-state index in [0.717, 1.165) is 26.1 Å². The molecule has 1 rings (SSSR count). The Morgan fingerprint density at radius 1 is 1.39 bits per heavy atom. The van der Waals surface area contributed by atoms with Crippen LogP contribution in [0.2, 0.25) is 0 Å². The number of halogens is 1. The van der Waals surface area contributed by atoms with Crippen LogP contribution in [0.15, 0.2) is 4.47 Å². The Bertz CT molecular complexity index is 365. The molecule has 0 aliphatic rings. The van der Waals surface area contributed by atoms with E-state index in [-0.39, 0.29) is 0 Å². The van der Waals surface area contributed by atoms with E-state index in [0.29, 0.717) is 0 Å². The van der Waals surface area contributed by atoms with Gasteiger partial charge >= 0.3 is 0 Å². The molecule has 0 atom stereocenters. The summed E-state index contributed by atoms with van der Waals surface area (Å²) < 4.78 is 3.32. The van der Waals surface area contributed by atoms with Gasteiger partial charge in [-0.25, -0.2) is 0 Å². The fraction of sp³-hybridized carbons (Fsp3) is 0.769. The van der Waals surface area contributed by atoms with Crippen LogP contribution in [-0.4, -0.2) is 40.3 Å². The zero-order chi connectivity index (χ0) is 13.5. The predicted octanol–water partition coefficient (Wildman–Crippen LogP) is 3.41. The van der Waals surface area contributed by atoms with Crippen molar-refractivity contribution in [2.75, 3.05) is 25.6 Å². The molecular formula is C13H24BrN3S. The second-order valence-corrected chi connectivity index (χ2v) is 6.24. The smallest absolute Gasteiger partial charge is 0.0767 e. The molecule has 3 nitrogen and oxygen atoms in total. The van der Waals surface area contributed by atoms with Gasteiger partial charge in [0.1, 0.15) is 0 Å². The number of thioether (sulfide) groups is 1. The third-order valence-electron chi connectivity index (χ3n) is 3.00. The number of nitrogens with zero attached hydrogens (tertiary/aromatic N) is 3. The zero-order valence-corrected chi connectivity index (χ0v) is 14.3. The normalized spacial score (nSPS) is 11.4. The molecule has 1 heterocycles. The minimum absolute atomic E-state index is 0.937. The Labute approximate surface area is 123 Å². The SMILES string of the molecule is CCc1nn(CC)c(CN(C)CCCSC)c1Br. The largest absolute Gasteiger partial charge is 0.300 e. The standard InChI is InChI=1S/C13H24BrN3S/c1-5-11-13(14)12(17(6-2)15-11)10-16(3)8-7-9-18-4/h5-10H2,1-4H3. The summed E-state index contributed by atoms with van der Waals surface area (Å²) in [6.07, 6.45) is 4.39. The molecule has 18 heavy (non-hydrogen) atoms. The first-order chi connectivity index (χ1) is 8.63. The number of aromatic nitrogens is 2. The zero-order valence-electron chi connectivity index (χ0n) is 11.9. The van der Waals surface area contributed by atoms with Crippen molar-refractivity contribution in [2.45, 2.75) is 39.8 Å². The first-order valence-corrected chi connectivity index (χ1v) is 8.74. The molecule has 1 aromatic rings. The van der Waals surface area contributed by atoms with Crippen molar-refractivity contribution >= 4 is 27.7 Å². The van der Waals surface area contributed by atoms with Gasteiger partial charge in [0.25, 0.3) is 0 Å². The number of hydrogen-bond donors (Lipinski definition) is 0. The van der Waals surface area contributed by atoms with Crippen LogP contribution < -0.4 is 0 Å². The van der Waals surface area contributed by atoms with Gasteiger partial charge in [0.15, 0.2) is 0 Å². The second kappa shape index (κ2) is 8.23. The lowest BCUT2D eigenvalue weighted by molar-refractivity contribution is 0.316. The van der Waals surface area contributed by atoms with Gasteiger partial charge in [-0.15, -0.1) is 0 Å². The summed E-state index contributed by atoms with van der Waals surface area (Å²) >= 11 is 5.61. The van der Waals surface area contributed by atoms with E-state index in [1.807, 2.05) is 11.8 Å². The predicted molar refractivity (Wildman–Crippen MR) is 84.3 cm³/mol. The van der Waals surface area contributed by atoms with Crippen LogP contribution in [0.3, 0.4) is 0 Å². The molecule has 0 N–H and O–H groups in total. The minimum Gasteiger partial charge on any atom is -0.300 e.